The second-order valence-electron chi connectivity index (χ2n) is 3.73. The van der Waals surface area contributed by atoms with Gasteiger partial charge in [-0.2, -0.15) is 0 Å². The van der Waals surface area contributed by atoms with Gasteiger partial charge in [0, 0.05) is 26.2 Å². The van der Waals surface area contributed by atoms with Gasteiger partial charge in [0.2, 0.25) is 5.95 Å². The van der Waals surface area contributed by atoms with Gasteiger partial charge in [-0.05, 0) is 0 Å². The number of nitrogens with zero attached hydrogens (tertiary/aromatic N) is 3. The minimum Gasteiger partial charge on any atom is -0.343 e. The SMILES string of the molecule is CC(C)NCCN(C)c1ncc(F)cn1. The third-order valence-electron chi connectivity index (χ3n) is 1.95. The lowest BCUT2D eigenvalue weighted by Crippen LogP contribution is -2.33. The van der Waals surface area contributed by atoms with Crippen molar-refractivity contribution in [2.24, 2.45) is 0 Å². The third-order valence-corrected chi connectivity index (χ3v) is 1.95. The van der Waals surface area contributed by atoms with Crippen molar-refractivity contribution < 1.29 is 4.39 Å². The van der Waals surface area contributed by atoms with Gasteiger partial charge < -0.3 is 10.2 Å². The van der Waals surface area contributed by atoms with Crippen molar-refractivity contribution in [1.82, 2.24) is 15.3 Å². The molecule has 0 amide bonds. The van der Waals surface area contributed by atoms with E-state index >= 15 is 0 Å². The topological polar surface area (TPSA) is 41.0 Å². The molecule has 0 fully saturated rings. The minimum absolute atomic E-state index is 0.410. The number of nitrogens with one attached hydrogen (secondary N) is 1. The summed E-state index contributed by atoms with van der Waals surface area (Å²) in [5.74, 6) is 0.134. The molecule has 15 heavy (non-hydrogen) atoms. The summed E-state index contributed by atoms with van der Waals surface area (Å²) in [6.07, 6.45) is 2.35. The lowest BCUT2D eigenvalue weighted by Gasteiger charge is -2.17. The molecule has 1 aromatic heterocycles. The average molecular weight is 212 g/mol. The second-order valence-corrected chi connectivity index (χ2v) is 3.73. The van der Waals surface area contributed by atoms with Gasteiger partial charge in [0.1, 0.15) is 0 Å². The van der Waals surface area contributed by atoms with E-state index in [0.717, 1.165) is 13.1 Å². The Morgan fingerprint density at radius 3 is 2.53 bits per heavy atom. The van der Waals surface area contributed by atoms with Gasteiger partial charge in [0.25, 0.3) is 0 Å². The molecule has 0 atom stereocenters. The standard InChI is InChI=1S/C10H17FN4/c1-8(2)12-4-5-15(3)10-13-6-9(11)7-14-10/h6-8,12H,4-5H2,1-3H3. The van der Waals surface area contributed by atoms with Crippen LogP contribution in [-0.4, -0.2) is 36.1 Å². The molecule has 0 aliphatic heterocycles. The monoisotopic (exact) mass is 212 g/mol. The highest BCUT2D eigenvalue weighted by molar-refractivity contribution is 5.26. The summed E-state index contributed by atoms with van der Waals surface area (Å²) in [6, 6.07) is 0.465. The third kappa shape index (κ3) is 4.20. The van der Waals surface area contributed by atoms with Crippen LogP contribution >= 0.6 is 0 Å². The molecule has 0 aliphatic carbocycles. The predicted octanol–water partition coefficient (Wildman–Crippen LogP) is 1.05. The van der Waals surface area contributed by atoms with Crippen LogP contribution < -0.4 is 10.2 Å². The quantitative estimate of drug-likeness (QED) is 0.792. The molecule has 1 aromatic rings. The zero-order valence-corrected chi connectivity index (χ0v) is 9.37. The highest BCUT2D eigenvalue weighted by Crippen LogP contribution is 2.02. The van der Waals surface area contributed by atoms with E-state index in [2.05, 4.69) is 29.1 Å². The summed E-state index contributed by atoms with van der Waals surface area (Å²) in [7, 11) is 1.88. The van der Waals surface area contributed by atoms with Gasteiger partial charge >= 0.3 is 0 Å². The molecule has 1 heterocycles. The smallest absolute Gasteiger partial charge is 0.225 e. The molecule has 0 aliphatic rings. The minimum atomic E-state index is -0.410. The van der Waals surface area contributed by atoms with Crippen molar-refractivity contribution in [2.45, 2.75) is 19.9 Å². The fraction of sp³-hybridized carbons (Fsp3) is 0.600. The molecule has 1 N–H and O–H groups in total. The number of aromatic nitrogens is 2. The van der Waals surface area contributed by atoms with Crippen LogP contribution in [0, 0.1) is 5.82 Å². The molecular formula is C10H17FN4. The number of hydrogen-bond acceptors (Lipinski definition) is 4. The summed E-state index contributed by atoms with van der Waals surface area (Å²) in [4.78, 5) is 9.66. The number of halogens is 1. The second kappa shape index (κ2) is 5.60. The maximum Gasteiger partial charge on any atom is 0.225 e. The molecule has 0 unspecified atom stereocenters. The molecule has 0 bridgehead atoms. The van der Waals surface area contributed by atoms with Gasteiger partial charge in [-0.25, -0.2) is 14.4 Å². The summed E-state index contributed by atoms with van der Waals surface area (Å²) in [5, 5.41) is 3.29. The largest absolute Gasteiger partial charge is 0.343 e. The number of likely N-dealkylation sites (N-methyl/N-ethyl adjacent to an activating group) is 1. The first kappa shape index (κ1) is 11.8. The van der Waals surface area contributed by atoms with Crippen molar-refractivity contribution in [3.05, 3.63) is 18.2 Å². The highest BCUT2D eigenvalue weighted by atomic mass is 19.1. The Morgan fingerprint density at radius 2 is 2.00 bits per heavy atom. The fourth-order valence-corrected chi connectivity index (χ4v) is 1.12. The van der Waals surface area contributed by atoms with Crippen LogP contribution in [0.15, 0.2) is 12.4 Å². The Labute approximate surface area is 89.5 Å². The Balaban J connectivity index is 2.40. The van der Waals surface area contributed by atoms with Crippen molar-refractivity contribution in [1.29, 1.82) is 0 Å². The van der Waals surface area contributed by atoms with E-state index in [4.69, 9.17) is 0 Å². The van der Waals surface area contributed by atoms with Crippen molar-refractivity contribution in [3.63, 3.8) is 0 Å². The van der Waals surface area contributed by atoms with E-state index in [1.165, 1.54) is 12.4 Å². The van der Waals surface area contributed by atoms with E-state index in [-0.39, 0.29) is 0 Å². The Morgan fingerprint density at radius 1 is 1.40 bits per heavy atom. The molecular weight excluding hydrogens is 195 g/mol. The maximum atomic E-state index is 12.6. The zero-order chi connectivity index (χ0) is 11.3. The van der Waals surface area contributed by atoms with Gasteiger partial charge in [-0.3, -0.25) is 0 Å². The van der Waals surface area contributed by atoms with Crippen LogP contribution in [0.2, 0.25) is 0 Å². The summed E-state index contributed by atoms with van der Waals surface area (Å²) in [6.45, 7) is 5.83. The van der Waals surface area contributed by atoms with Gasteiger partial charge in [0.15, 0.2) is 5.82 Å². The molecule has 1 rings (SSSR count). The first-order chi connectivity index (χ1) is 7.09. The van der Waals surface area contributed by atoms with Crippen molar-refractivity contribution in [3.8, 4) is 0 Å². The molecule has 0 saturated heterocycles. The number of rotatable bonds is 5. The average Bonchev–Trinajstić information content (AvgIpc) is 2.18. The first-order valence-electron chi connectivity index (χ1n) is 5.01. The fourth-order valence-electron chi connectivity index (χ4n) is 1.12. The van der Waals surface area contributed by atoms with Crippen LogP contribution in [0.4, 0.5) is 10.3 Å². The van der Waals surface area contributed by atoms with E-state index in [1.807, 2.05) is 11.9 Å². The lowest BCUT2D eigenvalue weighted by molar-refractivity contribution is 0.584. The molecule has 84 valence electrons. The van der Waals surface area contributed by atoms with Crippen LogP contribution in [0.25, 0.3) is 0 Å². The number of hydrogen-bond donors (Lipinski definition) is 1. The van der Waals surface area contributed by atoms with Crippen LogP contribution in [0.3, 0.4) is 0 Å². The molecule has 5 heteroatoms. The molecule has 0 radical (unpaired) electrons. The normalized spacial score (nSPS) is 10.7. The van der Waals surface area contributed by atoms with Crippen molar-refractivity contribution in [2.75, 3.05) is 25.0 Å². The lowest BCUT2D eigenvalue weighted by atomic mass is 10.4. The summed E-state index contributed by atoms with van der Waals surface area (Å²) >= 11 is 0. The molecule has 0 aromatic carbocycles. The van der Waals surface area contributed by atoms with E-state index in [1.54, 1.807) is 0 Å². The Hall–Kier alpha value is -1.23. The summed E-state index contributed by atoms with van der Waals surface area (Å²) in [5.41, 5.74) is 0. The Kier molecular flexibility index (Phi) is 4.42. The van der Waals surface area contributed by atoms with Gasteiger partial charge in [0.05, 0.1) is 12.4 Å². The molecule has 0 spiro atoms. The first-order valence-corrected chi connectivity index (χ1v) is 5.01. The maximum absolute atomic E-state index is 12.6. The Bertz CT molecular complexity index is 286. The predicted molar refractivity (Wildman–Crippen MR) is 58.4 cm³/mol. The molecule has 4 nitrogen and oxygen atoms in total. The van der Waals surface area contributed by atoms with Crippen LogP contribution in [-0.2, 0) is 0 Å². The number of anilines is 1. The van der Waals surface area contributed by atoms with Crippen LogP contribution in [0.5, 0.6) is 0 Å². The van der Waals surface area contributed by atoms with Gasteiger partial charge in [-0.15, -0.1) is 0 Å². The van der Waals surface area contributed by atoms with E-state index in [9.17, 15) is 4.39 Å². The van der Waals surface area contributed by atoms with E-state index < -0.39 is 5.82 Å². The summed E-state index contributed by atoms with van der Waals surface area (Å²) < 4.78 is 12.6. The highest BCUT2D eigenvalue weighted by Gasteiger charge is 2.03. The van der Waals surface area contributed by atoms with Crippen LogP contribution in [0.1, 0.15) is 13.8 Å². The van der Waals surface area contributed by atoms with Crippen molar-refractivity contribution >= 4 is 5.95 Å². The van der Waals surface area contributed by atoms with Gasteiger partial charge in [-0.1, -0.05) is 13.8 Å². The van der Waals surface area contributed by atoms with E-state index in [0.29, 0.717) is 12.0 Å². The zero-order valence-electron chi connectivity index (χ0n) is 9.37. The molecule has 0 saturated carbocycles.